The molecule has 3 heteroatoms. The zero-order valence-electron chi connectivity index (χ0n) is 16.5. The van der Waals surface area contributed by atoms with Crippen molar-refractivity contribution in [3.63, 3.8) is 0 Å². The molecule has 23 heavy (non-hydrogen) atoms. The maximum absolute atomic E-state index is 13.6. The lowest BCUT2D eigenvalue weighted by molar-refractivity contribution is -0.132. The van der Waals surface area contributed by atoms with Crippen LogP contribution in [0.2, 0.25) is 23.2 Å². The molecule has 0 heterocycles. The summed E-state index contributed by atoms with van der Waals surface area (Å²) in [6.07, 6.45) is 6.50. The maximum Gasteiger partial charge on any atom is 0.138 e. The molecule has 0 aromatic rings. The zero-order valence-corrected chi connectivity index (χ0v) is 17.5. The van der Waals surface area contributed by atoms with E-state index in [2.05, 4.69) is 40.8 Å². The van der Waals surface area contributed by atoms with E-state index < -0.39 is 18.5 Å². The molecule has 0 aliphatic heterocycles. The summed E-state index contributed by atoms with van der Waals surface area (Å²) in [4.78, 5) is 25.9. The molecule has 0 spiro atoms. The van der Waals surface area contributed by atoms with E-state index in [1.54, 1.807) is 0 Å². The molecule has 2 nitrogen and oxygen atoms in total. The van der Waals surface area contributed by atoms with Crippen molar-refractivity contribution in [3.8, 4) is 0 Å². The molecule has 132 valence electrons. The quantitative estimate of drug-likeness (QED) is 0.494. The van der Waals surface area contributed by atoms with Gasteiger partial charge in [-0.05, 0) is 29.2 Å². The second-order valence-electron chi connectivity index (χ2n) is 10.5. The van der Waals surface area contributed by atoms with Gasteiger partial charge in [-0.15, -0.1) is 0 Å². The Kier molecular flexibility index (Phi) is 4.33. The second kappa shape index (κ2) is 5.27. The summed E-state index contributed by atoms with van der Waals surface area (Å²) >= 11 is 0. The summed E-state index contributed by atoms with van der Waals surface area (Å²) in [6.45, 7) is 18.0. The Balaban J connectivity index is 2.83. The molecule has 0 amide bonds. The Bertz CT molecular complexity index is 514. The first kappa shape index (κ1) is 18.9. The summed E-state index contributed by atoms with van der Waals surface area (Å²) in [5, 5.41) is -0.379. The number of rotatable bonds is 3. The SMILES string of the molecule is CC(C)(C=O)C1([Si](C)(C)C(C)(C)C)C(=O)CC2CCCCC21C. The van der Waals surface area contributed by atoms with Crippen molar-refractivity contribution in [2.75, 3.05) is 0 Å². The van der Waals surface area contributed by atoms with Gasteiger partial charge in [0.25, 0.3) is 0 Å². The molecule has 2 rings (SSSR count). The van der Waals surface area contributed by atoms with Gasteiger partial charge in [0.1, 0.15) is 12.1 Å². The number of aldehydes is 1. The zero-order chi connectivity index (χ0) is 17.9. The summed E-state index contributed by atoms with van der Waals surface area (Å²) in [5.41, 5.74) is -0.607. The fourth-order valence-corrected chi connectivity index (χ4v) is 11.9. The third kappa shape index (κ3) is 2.11. The van der Waals surface area contributed by atoms with Gasteiger partial charge in [0.2, 0.25) is 0 Å². The highest BCUT2D eigenvalue weighted by Gasteiger charge is 2.75. The molecule has 0 aromatic carbocycles. The molecule has 2 aliphatic rings. The molecular formula is C20H36O2Si. The van der Waals surface area contributed by atoms with Gasteiger partial charge in [-0.25, -0.2) is 0 Å². The smallest absolute Gasteiger partial charge is 0.138 e. The number of ketones is 1. The first-order chi connectivity index (χ1) is 10.3. The molecule has 3 atom stereocenters. The van der Waals surface area contributed by atoms with E-state index in [-0.39, 0.29) is 10.5 Å². The van der Waals surface area contributed by atoms with Crippen molar-refractivity contribution in [1.29, 1.82) is 0 Å². The molecular weight excluding hydrogens is 300 g/mol. The summed E-state index contributed by atoms with van der Waals surface area (Å²) in [7, 11) is -2.10. The first-order valence-corrected chi connectivity index (χ1v) is 12.3. The molecule has 3 unspecified atom stereocenters. The van der Waals surface area contributed by atoms with Gasteiger partial charge in [0.15, 0.2) is 0 Å². The standard InChI is InChI=1S/C20H36O2Si/c1-17(2,3)23(7,8)20(18(4,5)14-21)16(22)13-15-11-9-10-12-19(15,20)6/h14-15H,9-13H2,1-8H3. The fourth-order valence-electron chi connectivity index (χ4n) is 6.54. The van der Waals surface area contributed by atoms with Gasteiger partial charge >= 0.3 is 0 Å². The van der Waals surface area contributed by atoms with Crippen LogP contribution in [-0.2, 0) is 9.59 Å². The number of carbonyl (C=O) groups is 2. The van der Waals surface area contributed by atoms with E-state index in [9.17, 15) is 9.59 Å². The van der Waals surface area contributed by atoms with E-state index in [0.717, 1.165) is 19.1 Å². The van der Waals surface area contributed by atoms with Crippen LogP contribution >= 0.6 is 0 Å². The number of Topliss-reactive ketones (excluding diaryl/α,β-unsaturated/α-hetero) is 1. The predicted molar refractivity (Wildman–Crippen MR) is 99.4 cm³/mol. The molecule has 0 bridgehead atoms. The molecule has 2 aliphatic carbocycles. The minimum absolute atomic E-state index is 0.0181. The van der Waals surface area contributed by atoms with Gasteiger partial charge in [0, 0.05) is 16.9 Å². The van der Waals surface area contributed by atoms with Crippen molar-refractivity contribution in [2.24, 2.45) is 16.7 Å². The summed E-state index contributed by atoms with van der Waals surface area (Å²) in [5.74, 6) is 0.868. The Labute approximate surface area is 143 Å². The van der Waals surface area contributed by atoms with E-state index in [4.69, 9.17) is 0 Å². The molecule has 2 saturated carbocycles. The largest absolute Gasteiger partial charge is 0.303 e. The molecule has 0 aromatic heterocycles. The summed E-state index contributed by atoms with van der Waals surface area (Å²) < 4.78 is 0. The van der Waals surface area contributed by atoms with Crippen LogP contribution in [0.15, 0.2) is 0 Å². The second-order valence-corrected chi connectivity index (χ2v) is 16.0. The van der Waals surface area contributed by atoms with Crippen LogP contribution in [0.5, 0.6) is 0 Å². The van der Waals surface area contributed by atoms with Gasteiger partial charge in [-0.1, -0.05) is 67.5 Å². The van der Waals surface area contributed by atoms with Crippen LogP contribution in [0, 0.1) is 16.7 Å². The van der Waals surface area contributed by atoms with Crippen molar-refractivity contribution in [3.05, 3.63) is 0 Å². The first-order valence-electron chi connectivity index (χ1n) is 9.29. The minimum atomic E-state index is -2.10. The topological polar surface area (TPSA) is 34.1 Å². The average Bonchev–Trinajstić information content (AvgIpc) is 2.65. The molecule has 0 radical (unpaired) electrons. The van der Waals surface area contributed by atoms with Crippen LogP contribution in [-0.4, -0.2) is 20.1 Å². The van der Waals surface area contributed by atoms with Crippen molar-refractivity contribution in [2.45, 2.75) is 96.8 Å². The van der Waals surface area contributed by atoms with E-state index in [0.29, 0.717) is 18.1 Å². The van der Waals surface area contributed by atoms with E-state index in [1.165, 1.54) is 12.8 Å². The normalized spacial score (nSPS) is 36.0. The number of hydrogen-bond donors (Lipinski definition) is 0. The predicted octanol–water partition coefficient (Wildman–Crippen LogP) is 5.63. The minimum Gasteiger partial charge on any atom is -0.303 e. The fraction of sp³-hybridized carbons (Fsp3) is 0.900. The third-order valence-electron chi connectivity index (χ3n) is 8.18. The van der Waals surface area contributed by atoms with E-state index >= 15 is 0 Å². The van der Waals surface area contributed by atoms with Crippen LogP contribution < -0.4 is 0 Å². The van der Waals surface area contributed by atoms with Gasteiger partial charge in [-0.2, -0.15) is 0 Å². The summed E-state index contributed by atoms with van der Waals surface area (Å²) in [6, 6.07) is 0. The van der Waals surface area contributed by atoms with Gasteiger partial charge < -0.3 is 4.79 Å². The highest BCUT2D eigenvalue weighted by Crippen LogP contribution is 2.77. The maximum atomic E-state index is 13.6. The Hall–Kier alpha value is -0.443. The Morgan fingerprint density at radius 3 is 2.17 bits per heavy atom. The van der Waals surface area contributed by atoms with Crippen LogP contribution in [0.25, 0.3) is 0 Å². The van der Waals surface area contributed by atoms with Crippen molar-refractivity contribution >= 4 is 20.1 Å². The van der Waals surface area contributed by atoms with Crippen molar-refractivity contribution < 1.29 is 9.59 Å². The van der Waals surface area contributed by atoms with Crippen LogP contribution in [0.1, 0.15) is 73.6 Å². The highest BCUT2D eigenvalue weighted by molar-refractivity contribution is 6.87. The number of hydrogen-bond acceptors (Lipinski definition) is 2. The number of fused-ring (bicyclic) bond motifs is 1. The third-order valence-corrected chi connectivity index (χ3v) is 15.3. The van der Waals surface area contributed by atoms with E-state index in [1.807, 2.05) is 13.8 Å². The molecule has 0 N–H and O–H groups in total. The highest BCUT2D eigenvalue weighted by atomic mass is 28.3. The lowest BCUT2D eigenvalue weighted by Gasteiger charge is -2.63. The average molecular weight is 337 g/mol. The Morgan fingerprint density at radius 2 is 1.70 bits per heavy atom. The molecule has 2 fully saturated rings. The number of carbonyl (C=O) groups excluding carboxylic acids is 2. The van der Waals surface area contributed by atoms with Crippen LogP contribution in [0.3, 0.4) is 0 Å². The van der Waals surface area contributed by atoms with Crippen LogP contribution in [0.4, 0.5) is 0 Å². The monoisotopic (exact) mass is 336 g/mol. The lowest BCUT2D eigenvalue weighted by Crippen LogP contribution is -2.65. The Morgan fingerprint density at radius 1 is 1.13 bits per heavy atom. The van der Waals surface area contributed by atoms with Crippen molar-refractivity contribution in [1.82, 2.24) is 0 Å². The lowest BCUT2D eigenvalue weighted by atomic mass is 9.58. The molecule has 0 saturated heterocycles. The van der Waals surface area contributed by atoms with Gasteiger partial charge in [0.05, 0.1) is 8.07 Å². The van der Waals surface area contributed by atoms with Gasteiger partial charge in [-0.3, -0.25) is 4.79 Å².